The number of hydrogen-bond acceptors (Lipinski definition) is 6. The van der Waals surface area contributed by atoms with Gasteiger partial charge in [-0.2, -0.15) is 13.2 Å². The van der Waals surface area contributed by atoms with E-state index in [0.29, 0.717) is 11.9 Å². The predicted octanol–water partition coefficient (Wildman–Crippen LogP) is 3.47. The highest BCUT2D eigenvalue weighted by atomic mass is 19.4. The molecule has 2 aromatic rings. The minimum atomic E-state index is -4.45. The molecule has 6 nitrogen and oxygen atoms in total. The van der Waals surface area contributed by atoms with Crippen molar-refractivity contribution in [3.05, 3.63) is 35.6 Å². The summed E-state index contributed by atoms with van der Waals surface area (Å²) in [5, 5.41) is 3.91. The zero-order valence-electron chi connectivity index (χ0n) is 15.8. The van der Waals surface area contributed by atoms with Gasteiger partial charge >= 0.3 is 6.18 Å². The molecule has 28 heavy (non-hydrogen) atoms. The van der Waals surface area contributed by atoms with E-state index in [1.807, 2.05) is 13.0 Å². The fourth-order valence-electron chi connectivity index (χ4n) is 3.89. The maximum Gasteiger partial charge on any atom is 0.433 e. The Morgan fingerprint density at radius 2 is 1.82 bits per heavy atom. The summed E-state index contributed by atoms with van der Waals surface area (Å²) < 4.78 is 44.4. The Morgan fingerprint density at radius 3 is 2.43 bits per heavy atom. The first-order chi connectivity index (χ1) is 13.4. The van der Waals surface area contributed by atoms with Crippen molar-refractivity contribution in [1.82, 2.24) is 20.0 Å². The zero-order valence-corrected chi connectivity index (χ0v) is 15.8. The van der Waals surface area contributed by atoms with Gasteiger partial charge in [-0.05, 0) is 32.6 Å². The Kier molecular flexibility index (Phi) is 5.27. The molecule has 2 aromatic heterocycles. The minimum Gasteiger partial charge on any atom is -0.361 e. The van der Waals surface area contributed by atoms with E-state index in [2.05, 4.69) is 24.9 Å². The molecule has 152 valence electrons. The van der Waals surface area contributed by atoms with E-state index in [0.717, 1.165) is 75.6 Å². The number of halogens is 3. The molecule has 0 radical (unpaired) electrons. The summed E-state index contributed by atoms with van der Waals surface area (Å²) in [7, 11) is 0. The molecule has 3 heterocycles. The van der Waals surface area contributed by atoms with Crippen LogP contribution in [0.15, 0.2) is 23.0 Å². The molecule has 0 aromatic carbocycles. The lowest BCUT2D eigenvalue weighted by Crippen LogP contribution is -2.46. The third-order valence-corrected chi connectivity index (χ3v) is 5.45. The summed E-state index contributed by atoms with van der Waals surface area (Å²) in [6.45, 7) is 4.63. The van der Waals surface area contributed by atoms with Gasteiger partial charge in [0.25, 0.3) is 0 Å². The van der Waals surface area contributed by atoms with E-state index >= 15 is 0 Å². The molecule has 0 bridgehead atoms. The van der Waals surface area contributed by atoms with Crippen LogP contribution in [-0.2, 0) is 12.6 Å². The van der Waals surface area contributed by atoms with Crippen molar-refractivity contribution in [3.8, 4) is 0 Å². The number of rotatable bonds is 6. The van der Waals surface area contributed by atoms with Gasteiger partial charge in [0.2, 0.25) is 0 Å². The van der Waals surface area contributed by atoms with Gasteiger partial charge in [-0.1, -0.05) is 5.16 Å². The van der Waals surface area contributed by atoms with Gasteiger partial charge < -0.3 is 14.3 Å². The topological polar surface area (TPSA) is 58.3 Å². The summed E-state index contributed by atoms with van der Waals surface area (Å²) >= 11 is 0. The van der Waals surface area contributed by atoms with Gasteiger partial charge in [0, 0.05) is 50.3 Å². The average molecular weight is 395 g/mol. The molecule has 9 heteroatoms. The summed E-state index contributed by atoms with van der Waals surface area (Å²) in [5.41, 5.74) is 0.0137. The number of likely N-dealkylation sites (tertiary alicyclic amines) is 1. The first kappa shape index (κ1) is 19.2. The van der Waals surface area contributed by atoms with Crippen LogP contribution in [-0.4, -0.2) is 51.7 Å². The highest BCUT2D eigenvalue weighted by molar-refractivity contribution is 5.44. The van der Waals surface area contributed by atoms with Crippen molar-refractivity contribution in [1.29, 1.82) is 0 Å². The number of aryl methyl sites for hydroxylation is 1. The maximum absolute atomic E-state index is 13.0. The second-order valence-corrected chi connectivity index (χ2v) is 7.66. The van der Waals surface area contributed by atoms with Crippen LogP contribution in [0, 0.1) is 6.92 Å². The Bertz CT molecular complexity index is 797. The van der Waals surface area contributed by atoms with E-state index in [4.69, 9.17) is 4.52 Å². The van der Waals surface area contributed by atoms with Crippen LogP contribution in [0.3, 0.4) is 0 Å². The van der Waals surface area contributed by atoms with Crippen LogP contribution in [0.2, 0.25) is 0 Å². The molecule has 1 aliphatic heterocycles. The number of hydrogen-bond donors (Lipinski definition) is 0. The van der Waals surface area contributed by atoms with Crippen LogP contribution < -0.4 is 4.90 Å². The van der Waals surface area contributed by atoms with Gasteiger partial charge in [0.1, 0.15) is 23.6 Å². The SMILES string of the molecule is Cc1cc(CCN2CCC(N(c3cc(C(F)(F)F)ncn3)C3CC3)CC2)on1. The first-order valence-electron chi connectivity index (χ1n) is 9.72. The smallest absolute Gasteiger partial charge is 0.361 e. The van der Waals surface area contributed by atoms with Crippen molar-refractivity contribution < 1.29 is 17.7 Å². The Balaban J connectivity index is 1.38. The Morgan fingerprint density at radius 1 is 1.11 bits per heavy atom. The number of anilines is 1. The molecular weight excluding hydrogens is 371 g/mol. The van der Waals surface area contributed by atoms with Crippen LogP contribution in [0.25, 0.3) is 0 Å². The normalized spacial score (nSPS) is 19.1. The maximum atomic E-state index is 13.0. The molecule has 2 aliphatic rings. The molecule has 0 N–H and O–H groups in total. The van der Waals surface area contributed by atoms with E-state index < -0.39 is 11.9 Å². The van der Waals surface area contributed by atoms with Crippen LogP contribution in [0.5, 0.6) is 0 Å². The zero-order chi connectivity index (χ0) is 19.7. The molecule has 0 amide bonds. The summed E-state index contributed by atoms with van der Waals surface area (Å²) in [5.74, 6) is 1.29. The van der Waals surface area contributed by atoms with Gasteiger partial charge in [0.15, 0.2) is 0 Å². The quantitative estimate of drug-likeness (QED) is 0.747. The molecule has 1 aliphatic carbocycles. The van der Waals surface area contributed by atoms with Crippen molar-refractivity contribution in [2.75, 3.05) is 24.5 Å². The number of piperidine rings is 1. The number of alkyl halides is 3. The summed E-state index contributed by atoms with van der Waals surface area (Å²) in [6.07, 6.45) is 1.25. The average Bonchev–Trinajstić information content (AvgIpc) is 3.41. The van der Waals surface area contributed by atoms with E-state index in [1.165, 1.54) is 0 Å². The highest BCUT2D eigenvalue weighted by Crippen LogP contribution is 2.37. The van der Waals surface area contributed by atoms with Gasteiger partial charge in [0.05, 0.1) is 5.69 Å². The summed E-state index contributed by atoms with van der Waals surface area (Å²) in [4.78, 5) is 12.0. The number of aromatic nitrogens is 3. The van der Waals surface area contributed by atoms with Crippen molar-refractivity contribution in [3.63, 3.8) is 0 Å². The first-order valence-corrected chi connectivity index (χ1v) is 9.72. The molecular formula is C19H24F3N5O. The van der Waals surface area contributed by atoms with Gasteiger partial charge in [-0.25, -0.2) is 9.97 Å². The van der Waals surface area contributed by atoms with Crippen LogP contribution in [0.1, 0.15) is 42.8 Å². The fourth-order valence-corrected chi connectivity index (χ4v) is 3.89. The molecule has 2 fully saturated rings. The standard InChI is InChI=1S/C19H24F3N5O/c1-13-10-16(28-25-13)6-9-26-7-4-15(5-8-26)27(14-2-3-14)18-11-17(19(20,21)22)23-12-24-18/h10-12,14-15H,2-9H2,1H3. The molecule has 0 spiro atoms. The minimum absolute atomic E-state index is 0.215. The third kappa shape index (κ3) is 4.45. The Labute approximate surface area is 161 Å². The second-order valence-electron chi connectivity index (χ2n) is 7.66. The van der Waals surface area contributed by atoms with E-state index in [-0.39, 0.29) is 6.04 Å². The van der Waals surface area contributed by atoms with Crippen LogP contribution >= 0.6 is 0 Å². The second kappa shape index (κ2) is 7.69. The van der Waals surface area contributed by atoms with E-state index in [1.54, 1.807) is 0 Å². The van der Waals surface area contributed by atoms with Crippen molar-refractivity contribution >= 4 is 5.82 Å². The monoisotopic (exact) mass is 395 g/mol. The highest BCUT2D eigenvalue weighted by Gasteiger charge is 2.38. The van der Waals surface area contributed by atoms with Crippen molar-refractivity contribution in [2.45, 2.75) is 57.3 Å². The lowest BCUT2D eigenvalue weighted by atomic mass is 10.0. The van der Waals surface area contributed by atoms with Crippen LogP contribution in [0.4, 0.5) is 19.0 Å². The largest absolute Gasteiger partial charge is 0.433 e. The van der Waals surface area contributed by atoms with Crippen molar-refractivity contribution in [2.24, 2.45) is 0 Å². The Hall–Kier alpha value is -2.16. The summed E-state index contributed by atoms with van der Waals surface area (Å²) in [6, 6.07) is 3.56. The molecule has 4 rings (SSSR count). The predicted molar refractivity (Wildman–Crippen MR) is 96.9 cm³/mol. The molecule has 0 atom stereocenters. The third-order valence-electron chi connectivity index (χ3n) is 5.45. The molecule has 0 unspecified atom stereocenters. The fraction of sp³-hybridized carbons (Fsp3) is 0.632. The van der Waals surface area contributed by atoms with Gasteiger partial charge in [-0.15, -0.1) is 0 Å². The molecule has 1 saturated heterocycles. The van der Waals surface area contributed by atoms with Gasteiger partial charge in [-0.3, -0.25) is 0 Å². The number of nitrogens with zero attached hydrogens (tertiary/aromatic N) is 5. The lowest BCUT2D eigenvalue weighted by Gasteiger charge is -2.39. The lowest BCUT2D eigenvalue weighted by molar-refractivity contribution is -0.141. The van der Waals surface area contributed by atoms with E-state index in [9.17, 15) is 13.2 Å². The molecule has 1 saturated carbocycles.